The fourth-order valence-corrected chi connectivity index (χ4v) is 5.01. The molecular formula is C24H31NO4S. The van der Waals surface area contributed by atoms with Crippen LogP contribution in [0.5, 0.6) is 0 Å². The molecule has 6 heteroatoms. The van der Waals surface area contributed by atoms with Gasteiger partial charge in [-0.05, 0) is 61.9 Å². The number of rotatable bonds is 11. The monoisotopic (exact) mass is 429 g/mol. The van der Waals surface area contributed by atoms with E-state index < -0.39 is 12.1 Å². The van der Waals surface area contributed by atoms with Crippen LogP contribution in [-0.2, 0) is 11.2 Å². The lowest BCUT2D eigenvalue weighted by Gasteiger charge is -2.25. The average Bonchev–Trinajstić information content (AvgIpc) is 3.35. The zero-order valence-corrected chi connectivity index (χ0v) is 18.4. The SMILES string of the molecule is CCCCC[C@H](O)c1ccc(N2C(=O)CC[C@@H]2CCCc2ccc(C(=O)O)s2)cc1. The number of benzene rings is 1. The maximum Gasteiger partial charge on any atom is 0.345 e. The molecule has 2 atom stereocenters. The average molecular weight is 430 g/mol. The van der Waals surface area contributed by atoms with E-state index >= 15 is 0 Å². The van der Waals surface area contributed by atoms with Gasteiger partial charge < -0.3 is 15.1 Å². The maximum absolute atomic E-state index is 12.5. The zero-order chi connectivity index (χ0) is 21.5. The number of amides is 1. The van der Waals surface area contributed by atoms with Crippen molar-refractivity contribution >= 4 is 28.9 Å². The van der Waals surface area contributed by atoms with Crippen LogP contribution in [0.15, 0.2) is 36.4 Å². The van der Waals surface area contributed by atoms with Crippen LogP contribution in [0, 0.1) is 0 Å². The lowest BCUT2D eigenvalue weighted by molar-refractivity contribution is -0.117. The largest absolute Gasteiger partial charge is 0.477 e. The topological polar surface area (TPSA) is 77.8 Å². The number of carbonyl (C=O) groups excluding carboxylic acids is 1. The molecule has 1 aliphatic rings. The molecule has 0 unspecified atom stereocenters. The van der Waals surface area contributed by atoms with Gasteiger partial charge in [0.25, 0.3) is 0 Å². The first-order valence-electron chi connectivity index (χ1n) is 10.9. The number of aryl methyl sites for hydroxylation is 1. The van der Waals surface area contributed by atoms with Crippen molar-refractivity contribution in [1.82, 2.24) is 0 Å². The van der Waals surface area contributed by atoms with Crippen LogP contribution >= 0.6 is 11.3 Å². The molecule has 1 fully saturated rings. The maximum atomic E-state index is 12.5. The molecule has 3 rings (SSSR count). The minimum Gasteiger partial charge on any atom is -0.477 e. The van der Waals surface area contributed by atoms with Crippen molar-refractivity contribution in [2.75, 3.05) is 4.90 Å². The van der Waals surface area contributed by atoms with Gasteiger partial charge in [0.1, 0.15) is 4.88 Å². The summed E-state index contributed by atoms with van der Waals surface area (Å²) >= 11 is 1.33. The van der Waals surface area contributed by atoms with Crippen molar-refractivity contribution in [3.63, 3.8) is 0 Å². The van der Waals surface area contributed by atoms with Crippen molar-refractivity contribution in [2.24, 2.45) is 0 Å². The number of carboxylic acids is 1. The van der Waals surface area contributed by atoms with Crippen molar-refractivity contribution in [1.29, 1.82) is 0 Å². The highest BCUT2D eigenvalue weighted by Gasteiger charge is 2.31. The fraction of sp³-hybridized carbons (Fsp3) is 0.500. The molecule has 1 aromatic heterocycles. The van der Waals surface area contributed by atoms with Gasteiger partial charge in [0.15, 0.2) is 0 Å². The Labute approximate surface area is 182 Å². The summed E-state index contributed by atoms with van der Waals surface area (Å²) < 4.78 is 0. The molecule has 2 heterocycles. The first-order valence-corrected chi connectivity index (χ1v) is 11.7. The third-order valence-electron chi connectivity index (χ3n) is 5.80. The second-order valence-electron chi connectivity index (χ2n) is 8.02. The van der Waals surface area contributed by atoms with Gasteiger partial charge in [0, 0.05) is 23.0 Å². The van der Waals surface area contributed by atoms with Gasteiger partial charge in [-0.15, -0.1) is 11.3 Å². The van der Waals surface area contributed by atoms with Gasteiger partial charge in [-0.1, -0.05) is 38.3 Å². The number of carbonyl (C=O) groups is 2. The van der Waals surface area contributed by atoms with Gasteiger partial charge >= 0.3 is 5.97 Å². The van der Waals surface area contributed by atoms with Gasteiger partial charge in [-0.3, -0.25) is 4.79 Å². The molecule has 1 saturated heterocycles. The second-order valence-corrected chi connectivity index (χ2v) is 9.19. The van der Waals surface area contributed by atoms with Crippen LogP contribution < -0.4 is 4.90 Å². The molecule has 1 amide bonds. The quantitative estimate of drug-likeness (QED) is 0.457. The van der Waals surface area contributed by atoms with E-state index in [9.17, 15) is 14.7 Å². The molecule has 0 aliphatic carbocycles. The molecule has 1 aliphatic heterocycles. The standard InChI is InChI=1S/C24H31NO4S/c1-2-3-4-8-21(26)17-9-11-19(12-10-17)25-18(13-16-23(25)27)6-5-7-20-14-15-22(30-20)24(28)29/h9-12,14-15,18,21,26H,2-8,13,16H2,1H3,(H,28,29)/t18-,21-/m0/s1. The van der Waals surface area contributed by atoms with Crippen molar-refractivity contribution in [3.8, 4) is 0 Å². The van der Waals surface area contributed by atoms with Gasteiger partial charge in [-0.25, -0.2) is 4.79 Å². The minimum atomic E-state index is -0.877. The van der Waals surface area contributed by atoms with Crippen LogP contribution in [0.2, 0.25) is 0 Å². The summed E-state index contributed by atoms with van der Waals surface area (Å²) in [6.45, 7) is 2.15. The number of hydrogen-bond acceptors (Lipinski definition) is 4. The Bertz CT molecular complexity index is 845. The summed E-state index contributed by atoms with van der Waals surface area (Å²) in [6, 6.07) is 11.5. The Morgan fingerprint density at radius 1 is 1.17 bits per heavy atom. The first kappa shape index (κ1) is 22.5. The van der Waals surface area contributed by atoms with Crippen molar-refractivity contribution < 1.29 is 19.8 Å². The number of carboxylic acid groups (broad SMARTS) is 1. The molecule has 30 heavy (non-hydrogen) atoms. The highest BCUT2D eigenvalue weighted by atomic mass is 32.1. The molecule has 0 spiro atoms. The van der Waals surface area contributed by atoms with E-state index in [1.807, 2.05) is 35.2 Å². The Morgan fingerprint density at radius 3 is 2.60 bits per heavy atom. The van der Waals surface area contributed by atoms with E-state index in [1.54, 1.807) is 6.07 Å². The van der Waals surface area contributed by atoms with Crippen LogP contribution in [0.3, 0.4) is 0 Å². The Balaban J connectivity index is 1.56. The molecule has 2 N–H and O–H groups in total. The number of aliphatic hydroxyl groups is 1. The highest BCUT2D eigenvalue weighted by Crippen LogP contribution is 2.31. The molecule has 1 aromatic carbocycles. The summed E-state index contributed by atoms with van der Waals surface area (Å²) in [5.74, 6) is -0.724. The summed E-state index contributed by atoms with van der Waals surface area (Å²) in [5.41, 5.74) is 1.81. The van der Waals surface area contributed by atoms with Crippen LogP contribution in [0.4, 0.5) is 5.69 Å². The third-order valence-corrected chi connectivity index (χ3v) is 6.93. The molecule has 5 nitrogen and oxygen atoms in total. The zero-order valence-electron chi connectivity index (χ0n) is 17.5. The normalized spacial score (nSPS) is 17.5. The Hall–Kier alpha value is -2.18. The Kier molecular flexibility index (Phi) is 8.05. The van der Waals surface area contributed by atoms with Crippen molar-refractivity contribution in [3.05, 3.63) is 51.7 Å². The van der Waals surface area contributed by atoms with E-state index in [0.29, 0.717) is 11.3 Å². The third kappa shape index (κ3) is 5.70. The summed E-state index contributed by atoms with van der Waals surface area (Å²) in [4.78, 5) is 26.9. The fourth-order valence-electron chi connectivity index (χ4n) is 4.12. The molecule has 0 radical (unpaired) electrons. The number of aromatic carboxylic acids is 1. The second kappa shape index (κ2) is 10.7. The number of hydrogen-bond donors (Lipinski definition) is 2. The molecule has 0 bridgehead atoms. The lowest BCUT2D eigenvalue weighted by atomic mass is 10.0. The molecule has 162 valence electrons. The van der Waals surface area contributed by atoms with E-state index in [-0.39, 0.29) is 11.9 Å². The van der Waals surface area contributed by atoms with Crippen LogP contribution in [0.25, 0.3) is 0 Å². The lowest BCUT2D eigenvalue weighted by Crippen LogP contribution is -2.32. The van der Waals surface area contributed by atoms with E-state index in [1.165, 1.54) is 11.3 Å². The smallest absolute Gasteiger partial charge is 0.345 e. The molecule has 0 saturated carbocycles. The van der Waals surface area contributed by atoms with Gasteiger partial charge in [-0.2, -0.15) is 0 Å². The molecule has 2 aromatic rings. The highest BCUT2D eigenvalue weighted by molar-refractivity contribution is 7.13. The molecular weight excluding hydrogens is 398 g/mol. The number of anilines is 1. The van der Waals surface area contributed by atoms with Crippen LogP contribution in [-0.4, -0.2) is 28.1 Å². The van der Waals surface area contributed by atoms with Gasteiger partial charge in [0.05, 0.1) is 6.10 Å². The summed E-state index contributed by atoms with van der Waals surface area (Å²) in [6.07, 6.45) is 7.67. The van der Waals surface area contributed by atoms with E-state index in [4.69, 9.17) is 5.11 Å². The number of aliphatic hydroxyl groups excluding tert-OH is 1. The van der Waals surface area contributed by atoms with E-state index in [2.05, 4.69) is 6.92 Å². The summed E-state index contributed by atoms with van der Waals surface area (Å²) in [7, 11) is 0. The predicted octanol–water partition coefficient (Wildman–Crippen LogP) is 5.58. The minimum absolute atomic E-state index is 0.153. The predicted molar refractivity (Wildman–Crippen MR) is 120 cm³/mol. The van der Waals surface area contributed by atoms with Crippen LogP contribution in [0.1, 0.15) is 84.5 Å². The number of unbranched alkanes of at least 4 members (excludes halogenated alkanes) is 2. The van der Waals surface area contributed by atoms with E-state index in [0.717, 1.165) is 67.5 Å². The van der Waals surface area contributed by atoms with Crippen molar-refractivity contribution in [2.45, 2.75) is 76.9 Å². The number of nitrogens with zero attached hydrogens (tertiary/aromatic N) is 1. The summed E-state index contributed by atoms with van der Waals surface area (Å²) in [5, 5.41) is 19.4. The van der Waals surface area contributed by atoms with Gasteiger partial charge in [0.2, 0.25) is 5.91 Å². The Morgan fingerprint density at radius 2 is 1.93 bits per heavy atom. The first-order chi connectivity index (χ1) is 14.5. The number of thiophene rings is 1.